The van der Waals surface area contributed by atoms with Gasteiger partial charge >= 0.3 is 0 Å². The molecule has 0 fully saturated rings. The summed E-state index contributed by atoms with van der Waals surface area (Å²) in [7, 11) is 0. The number of nitrogens with zero attached hydrogens (tertiary/aromatic N) is 4. The van der Waals surface area contributed by atoms with Crippen molar-refractivity contribution in [3.05, 3.63) is 169 Å². The lowest BCUT2D eigenvalue weighted by atomic mass is 10.00. The van der Waals surface area contributed by atoms with Crippen LogP contribution in [0.1, 0.15) is 24.7 Å². The van der Waals surface area contributed by atoms with Crippen molar-refractivity contribution in [2.75, 3.05) is 0 Å². The Hall–Kier alpha value is -6.85. The van der Waals surface area contributed by atoms with Gasteiger partial charge in [0.25, 0.3) is 0 Å². The summed E-state index contributed by atoms with van der Waals surface area (Å²) >= 11 is 0. The summed E-state index contributed by atoms with van der Waals surface area (Å²) in [5, 5.41) is -1.41. The maximum atomic E-state index is 9.69. The molecule has 10 aromatic rings. The first kappa shape index (κ1) is 15.6. The summed E-state index contributed by atoms with van der Waals surface area (Å²) in [6.45, 7) is 0. The van der Waals surface area contributed by atoms with Crippen LogP contribution in [-0.2, 0) is 0 Å². The largest absolute Gasteiger partial charge is 0.455 e. The van der Waals surface area contributed by atoms with Gasteiger partial charge in [0, 0.05) is 44.1 Å². The molecule has 0 radical (unpaired) electrons. The topological polar surface area (TPSA) is 56.7 Å². The van der Waals surface area contributed by atoms with Gasteiger partial charge in [-0.05, 0) is 41.8 Å². The van der Waals surface area contributed by atoms with E-state index in [4.69, 9.17) is 22.2 Å². The zero-order valence-corrected chi connectivity index (χ0v) is 25.5. The van der Waals surface area contributed by atoms with Crippen LogP contribution in [0.15, 0.2) is 174 Å². The van der Waals surface area contributed by atoms with Crippen LogP contribution in [0, 0.1) is 0 Å². The zero-order chi connectivity index (χ0) is 48.7. The van der Waals surface area contributed by atoms with Gasteiger partial charge in [-0.25, -0.2) is 15.0 Å². The Labute approximate surface area is 313 Å². The third-order valence-electron chi connectivity index (χ3n) is 8.15. The van der Waals surface area contributed by atoms with E-state index in [2.05, 4.69) is 15.0 Å². The number of benzene rings is 7. The lowest BCUT2D eigenvalue weighted by Crippen LogP contribution is -2.00. The van der Waals surface area contributed by atoms with E-state index < -0.39 is 148 Å². The lowest BCUT2D eigenvalue weighted by molar-refractivity contribution is 0.674. The van der Waals surface area contributed by atoms with Gasteiger partial charge in [0.2, 0.25) is 0 Å². The molecule has 0 amide bonds. The van der Waals surface area contributed by atoms with E-state index in [1.54, 1.807) is 60.7 Å². The summed E-state index contributed by atoms with van der Waals surface area (Å²) < 4.78 is 169. The molecule has 0 unspecified atom stereocenters. The molecule has 0 aliphatic rings. The van der Waals surface area contributed by atoms with Gasteiger partial charge in [-0.1, -0.05) is 133 Å². The van der Waals surface area contributed by atoms with Crippen LogP contribution < -0.4 is 0 Å². The molecule has 234 valence electrons. The molecule has 0 saturated heterocycles. The normalized spacial score (nSPS) is 16.6. The maximum Gasteiger partial charge on any atom is 0.164 e. The van der Waals surface area contributed by atoms with Crippen molar-refractivity contribution >= 4 is 43.7 Å². The first-order valence-corrected chi connectivity index (χ1v) is 15.2. The molecule has 0 aliphatic heterocycles. The Morgan fingerprint density at radius 3 is 1.80 bits per heavy atom. The number of furan rings is 1. The standard InChI is InChI=1S/C45H28N4O/c1-4-14-29(15-5-1)43-46-44(30-16-6-2-7-17-30)48-45(47-43)32-19-12-18-31(28-32)34-23-13-24-35-36-26-27-39-40(42(36)50-41(34)35)37-22-10-11-25-38(37)49(39)33-20-8-3-9-21-33/h1-28H/i3D,8D,9D,10D,11D,12D,13D,18D,19D,20D,21D,22D,23D,24D,25D,26D,27D,28D. The second kappa shape index (κ2) is 11.4. The molecular weight excluding hydrogens is 613 g/mol. The average Bonchev–Trinajstić information content (AvgIpc) is 3.91. The molecule has 0 spiro atoms. The molecule has 50 heavy (non-hydrogen) atoms. The molecule has 5 nitrogen and oxygen atoms in total. The molecule has 0 N–H and O–H groups in total. The van der Waals surface area contributed by atoms with E-state index in [1.165, 1.54) is 0 Å². The van der Waals surface area contributed by atoms with Gasteiger partial charge < -0.3 is 8.98 Å². The van der Waals surface area contributed by atoms with E-state index in [0.717, 1.165) is 4.57 Å². The monoisotopic (exact) mass is 658 g/mol. The molecule has 5 heteroatoms. The zero-order valence-electron chi connectivity index (χ0n) is 43.5. The van der Waals surface area contributed by atoms with Gasteiger partial charge in [-0.2, -0.15) is 0 Å². The fraction of sp³-hybridized carbons (Fsp3) is 0. The predicted molar refractivity (Wildman–Crippen MR) is 203 cm³/mol. The molecule has 0 aliphatic carbocycles. The quantitative estimate of drug-likeness (QED) is 0.185. The van der Waals surface area contributed by atoms with Gasteiger partial charge in [0.15, 0.2) is 17.5 Å². The summed E-state index contributed by atoms with van der Waals surface area (Å²) in [5.41, 5.74) is -2.73. The molecule has 0 bridgehead atoms. The number of hydrogen-bond acceptors (Lipinski definition) is 4. The van der Waals surface area contributed by atoms with Gasteiger partial charge in [0.05, 0.1) is 41.1 Å². The predicted octanol–water partition coefficient (Wildman–Crippen LogP) is 11.5. The summed E-state index contributed by atoms with van der Waals surface area (Å²) in [6.07, 6.45) is 0. The van der Waals surface area contributed by atoms with E-state index in [9.17, 15) is 6.85 Å². The Morgan fingerprint density at radius 2 is 1.06 bits per heavy atom. The minimum Gasteiger partial charge on any atom is -0.455 e. The molecular formula is C45H28N4O. The van der Waals surface area contributed by atoms with Crippen molar-refractivity contribution in [3.8, 4) is 51.0 Å². The molecule has 3 heterocycles. The number of hydrogen-bond donors (Lipinski definition) is 0. The highest BCUT2D eigenvalue weighted by Gasteiger charge is 2.20. The summed E-state index contributed by atoms with van der Waals surface area (Å²) in [5.74, 6) is 0.0350. The van der Waals surface area contributed by atoms with Crippen LogP contribution in [0.3, 0.4) is 0 Å². The number of fused-ring (bicyclic) bond motifs is 7. The third kappa shape index (κ3) is 4.52. The Kier molecular flexibility index (Phi) is 3.55. The first-order valence-electron chi connectivity index (χ1n) is 24.2. The van der Waals surface area contributed by atoms with Gasteiger partial charge in [-0.15, -0.1) is 0 Å². The van der Waals surface area contributed by atoms with E-state index in [-0.39, 0.29) is 44.6 Å². The van der Waals surface area contributed by atoms with Crippen molar-refractivity contribution < 1.29 is 29.1 Å². The van der Waals surface area contributed by atoms with Crippen molar-refractivity contribution in [2.45, 2.75) is 0 Å². The molecule has 0 atom stereocenters. The van der Waals surface area contributed by atoms with Crippen molar-refractivity contribution in [1.82, 2.24) is 19.5 Å². The Balaban J connectivity index is 1.38. The van der Waals surface area contributed by atoms with Gasteiger partial charge in [0.1, 0.15) is 11.2 Å². The first-order chi connectivity index (χ1) is 32.3. The second-order valence-electron chi connectivity index (χ2n) is 11.1. The smallest absolute Gasteiger partial charge is 0.164 e. The van der Waals surface area contributed by atoms with E-state index in [1.807, 2.05) is 0 Å². The van der Waals surface area contributed by atoms with Crippen molar-refractivity contribution in [3.63, 3.8) is 0 Å². The number of para-hydroxylation sites is 3. The average molecular weight is 659 g/mol. The fourth-order valence-electron chi connectivity index (χ4n) is 5.95. The van der Waals surface area contributed by atoms with Crippen molar-refractivity contribution in [2.24, 2.45) is 0 Å². The highest BCUT2D eigenvalue weighted by Crippen LogP contribution is 2.43. The van der Waals surface area contributed by atoms with E-state index in [0.29, 0.717) is 11.1 Å². The summed E-state index contributed by atoms with van der Waals surface area (Å²) in [6, 6.07) is 4.08. The Bertz CT molecular complexity index is 3810. The van der Waals surface area contributed by atoms with Crippen LogP contribution in [0.25, 0.3) is 94.7 Å². The highest BCUT2D eigenvalue weighted by molar-refractivity contribution is 6.24. The lowest BCUT2D eigenvalue weighted by Gasteiger charge is -2.10. The van der Waals surface area contributed by atoms with Crippen LogP contribution in [0.4, 0.5) is 0 Å². The van der Waals surface area contributed by atoms with Crippen LogP contribution in [0.2, 0.25) is 0 Å². The molecule has 10 rings (SSSR count). The van der Waals surface area contributed by atoms with Gasteiger partial charge in [-0.3, -0.25) is 0 Å². The van der Waals surface area contributed by atoms with Crippen molar-refractivity contribution in [1.29, 1.82) is 0 Å². The SMILES string of the molecule is [2H]c1c([2H])c([2H])c(-n2c3c([2H])c([2H])c([2H])c([2H])c3c3c4oc5c(-c6c([2H])c([2H])c([2H])c(-c7nc(-c8ccccc8)nc(-c8ccccc8)n7)c6[2H])c([2H])c([2H])c([2H])c5c4c([2H])c([2H])c32)c([2H])c1[2H]. The highest BCUT2D eigenvalue weighted by atomic mass is 16.3. The van der Waals surface area contributed by atoms with Crippen LogP contribution in [-0.4, -0.2) is 19.5 Å². The molecule has 7 aromatic carbocycles. The molecule has 3 aromatic heterocycles. The third-order valence-corrected chi connectivity index (χ3v) is 8.15. The van der Waals surface area contributed by atoms with Crippen LogP contribution >= 0.6 is 0 Å². The minimum absolute atomic E-state index is 0.142. The summed E-state index contributed by atoms with van der Waals surface area (Å²) in [4.78, 5) is 13.9. The fourth-order valence-corrected chi connectivity index (χ4v) is 5.95. The number of aromatic nitrogens is 4. The number of rotatable bonds is 5. The molecule has 0 saturated carbocycles. The Morgan fingerprint density at radius 1 is 0.460 bits per heavy atom. The minimum atomic E-state index is -0.804. The van der Waals surface area contributed by atoms with E-state index >= 15 is 0 Å². The van der Waals surface area contributed by atoms with Crippen LogP contribution in [0.5, 0.6) is 0 Å². The maximum absolute atomic E-state index is 9.69. The second-order valence-corrected chi connectivity index (χ2v) is 11.1.